The SMILES string of the molecule is c1ccc(-c2nc(CN3CCC(N4CCSCC4)CC3)cs2)cc1. The van der Waals surface area contributed by atoms with Gasteiger partial charge < -0.3 is 0 Å². The summed E-state index contributed by atoms with van der Waals surface area (Å²) in [7, 11) is 0. The predicted molar refractivity (Wildman–Crippen MR) is 105 cm³/mol. The third-order valence-electron chi connectivity index (χ3n) is 5.08. The van der Waals surface area contributed by atoms with Gasteiger partial charge in [0.05, 0.1) is 5.69 Å². The molecule has 0 N–H and O–H groups in total. The second-order valence-electron chi connectivity index (χ2n) is 6.67. The van der Waals surface area contributed by atoms with Crippen molar-refractivity contribution in [3.63, 3.8) is 0 Å². The lowest BCUT2D eigenvalue weighted by molar-refractivity contribution is 0.112. The van der Waals surface area contributed by atoms with E-state index < -0.39 is 0 Å². The molecule has 4 rings (SSSR count). The van der Waals surface area contributed by atoms with Crippen LogP contribution in [0.1, 0.15) is 18.5 Å². The number of thioether (sulfide) groups is 1. The maximum Gasteiger partial charge on any atom is 0.123 e. The van der Waals surface area contributed by atoms with E-state index in [9.17, 15) is 0 Å². The van der Waals surface area contributed by atoms with Crippen LogP contribution in [0.3, 0.4) is 0 Å². The summed E-state index contributed by atoms with van der Waals surface area (Å²) in [6.07, 6.45) is 2.64. The van der Waals surface area contributed by atoms with Crippen molar-refractivity contribution in [3.05, 3.63) is 41.4 Å². The summed E-state index contributed by atoms with van der Waals surface area (Å²) in [5, 5.41) is 3.38. The summed E-state index contributed by atoms with van der Waals surface area (Å²) >= 11 is 3.87. The molecule has 3 heterocycles. The quantitative estimate of drug-likeness (QED) is 0.826. The highest BCUT2D eigenvalue weighted by molar-refractivity contribution is 7.99. The Morgan fingerprint density at radius 1 is 1.00 bits per heavy atom. The van der Waals surface area contributed by atoms with Gasteiger partial charge in [-0.1, -0.05) is 30.3 Å². The zero-order valence-electron chi connectivity index (χ0n) is 14.1. The number of likely N-dealkylation sites (tertiary alicyclic amines) is 1. The van der Waals surface area contributed by atoms with E-state index in [-0.39, 0.29) is 0 Å². The number of piperidine rings is 1. The summed E-state index contributed by atoms with van der Waals surface area (Å²) in [6, 6.07) is 11.3. The highest BCUT2D eigenvalue weighted by atomic mass is 32.2. The molecule has 1 aromatic carbocycles. The van der Waals surface area contributed by atoms with Gasteiger partial charge in [-0.15, -0.1) is 11.3 Å². The summed E-state index contributed by atoms with van der Waals surface area (Å²) in [5.74, 6) is 2.64. The summed E-state index contributed by atoms with van der Waals surface area (Å²) in [4.78, 5) is 10.2. The van der Waals surface area contributed by atoms with E-state index in [2.05, 4.69) is 57.3 Å². The van der Waals surface area contributed by atoms with Gasteiger partial charge in [0.1, 0.15) is 5.01 Å². The standard InChI is InChI=1S/C19H25N3S2/c1-2-4-16(5-3-1)19-20-17(15-24-19)14-21-8-6-18(7-9-21)22-10-12-23-13-11-22/h1-5,15,18H,6-14H2. The number of benzene rings is 1. The van der Waals surface area contributed by atoms with E-state index in [1.165, 1.54) is 61.8 Å². The van der Waals surface area contributed by atoms with Crippen LogP contribution in [0.15, 0.2) is 35.7 Å². The molecule has 0 saturated carbocycles. The summed E-state index contributed by atoms with van der Waals surface area (Å²) in [6.45, 7) is 6.02. The zero-order valence-corrected chi connectivity index (χ0v) is 15.7. The molecule has 3 nitrogen and oxygen atoms in total. The van der Waals surface area contributed by atoms with Crippen LogP contribution in [0.4, 0.5) is 0 Å². The summed E-state index contributed by atoms with van der Waals surface area (Å²) < 4.78 is 0. The van der Waals surface area contributed by atoms with E-state index in [4.69, 9.17) is 4.98 Å². The highest BCUT2D eigenvalue weighted by Crippen LogP contribution is 2.25. The molecule has 2 aliphatic rings. The topological polar surface area (TPSA) is 19.4 Å². The van der Waals surface area contributed by atoms with Crippen molar-refractivity contribution >= 4 is 23.1 Å². The number of hydrogen-bond donors (Lipinski definition) is 0. The molecular formula is C19H25N3S2. The fourth-order valence-electron chi connectivity index (χ4n) is 3.71. The van der Waals surface area contributed by atoms with Crippen molar-refractivity contribution in [2.24, 2.45) is 0 Å². The molecule has 0 bridgehead atoms. The molecule has 1 aromatic heterocycles. The molecule has 0 spiro atoms. The highest BCUT2D eigenvalue weighted by Gasteiger charge is 2.25. The Kier molecular flexibility index (Phi) is 5.53. The monoisotopic (exact) mass is 359 g/mol. The number of rotatable bonds is 4. The molecule has 24 heavy (non-hydrogen) atoms. The van der Waals surface area contributed by atoms with Crippen LogP contribution in [0.2, 0.25) is 0 Å². The second-order valence-corrected chi connectivity index (χ2v) is 8.75. The van der Waals surface area contributed by atoms with Gasteiger partial charge in [0.25, 0.3) is 0 Å². The van der Waals surface area contributed by atoms with Crippen LogP contribution < -0.4 is 0 Å². The van der Waals surface area contributed by atoms with Crippen LogP contribution >= 0.6 is 23.1 Å². The smallest absolute Gasteiger partial charge is 0.123 e. The Hall–Kier alpha value is -0.880. The van der Waals surface area contributed by atoms with Crippen molar-refractivity contribution in [2.75, 3.05) is 37.7 Å². The molecule has 2 saturated heterocycles. The van der Waals surface area contributed by atoms with Gasteiger partial charge in [-0.3, -0.25) is 9.80 Å². The van der Waals surface area contributed by atoms with Crippen LogP contribution in [-0.2, 0) is 6.54 Å². The molecule has 0 atom stereocenters. The molecule has 0 amide bonds. The largest absolute Gasteiger partial charge is 0.299 e. The van der Waals surface area contributed by atoms with Crippen LogP contribution in [0, 0.1) is 0 Å². The lowest BCUT2D eigenvalue weighted by Crippen LogP contribution is -2.47. The molecule has 2 fully saturated rings. The first kappa shape index (κ1) is 16.6. The fraction of sp³-hybridized carbons (Fsp3) is 0.526. The van der Waals surface area contributed by atoms with Crippen LogP contribution in [0.5, 0.6) is 0 Å². The number of hydrogen-bond acceptors (Lipinski definition) is 5. The average Bonchev–Trinajstić information content (AvgIpc) is 3.12. The minimum Gasteiger partial charge on any atom is -0.299 e. The zero-order chi connectivity index (χ0) is 16.2. The minimum atomic E-state index is 0.817. The van der Waals surface area contributed by atoms with Gasteiger partial charge in [0, 0.05) is 61.2 Å². The van der Waals surface area contributed by atoms with Crippen LogP contribution in [-0.4, -0.2) is 58.5 Å². The maximum absolute atomic E-state index is 4.85. The van der Waals surface area contributed by atoms with E-state index >= 15 is 0 Å². The number of aromatic nitrogens is 1. The van der Waals surface area contributed by atoms with Crippen molar-refractivity contribution in [1.82, 2.24) is 14.8 Å². The molecule has 0 radical (unpaired) electrons. The third kappa shape index (κ3) is 4.02. The first-order valence-corrected chi connectivity index (χ1v) is 11.0. The molecular weight excluding hydrogens is 334 g/mol. The Balaban J connectivity index is 1.30. The minimum absolute atomic E-state index is 0.817. The fourth-order valence-corrected chi connectivity index (χ4v) is 5.46. The van der Waals surface area contributed by atoms with Gasteiger partial charge >= 0.3 is 0 Å². The van der Waals surface area contributed by atoms with Gasteiger partial charge in [-0.05, 0) is 12.8 Å². The van der Waals surface area contributed by atoms with Crippen molar-refractivity contribution in [3.8, 4) is 10.6 Å². The Morgan fingerprint density at radius 2 is 1.75 bits per heavy atom. The Morgan fingerprint density at radius 3 is 2.50 bits per heavy atom. The van der Waals surface area contributed by atoms with Gasteiger partial charge in [0.2, 0.25) is 0 Å². The van der Waals surface area contributed by atoms with Gasteiger partial charge in [-0.25, -0.2) is 4.98 Å². The molecule has 0 unspecified atom stereocenters. The van der Waals surface area contributed by atoms with Gasteiger partial charge in [-0.2, -0.15) is 11.8 Å². The van der Waals surface area contributed by atoms with E-state index in [0.717, 1.165) is 17.6 Å². The Bertz CT molecular complexity index is 629. The second kappa shape index (κ2) is 8.00. The van der Waals surface area contributed by atoms with E-state index in [0.29, 0.717) is 0 Å². The lowest BCUT2D eigenvalue weighted by atomic mass is 10.0. The molecule has 0 aliphatic carbocycles. The van der Waals surface area contributed by atoms with E-state index in [1.54, 1.807) is 11.3 Å². The van der Waals surface area contributed by atoms with E-state index in [1.807, 2.05) is 0 Å². The van der Waals surface area contributed by atoms with Crippen molar-refractivity contribution in [1.29, 1.82) is 0 Å². The average molecular weight is 360 g/mol. The van der Waals surface area contributed by atoms with Crippen molar-refractivity contribution in [2.45, 2.75) is 25.4 Å². The first-order valence-electron chi connectivity index (χ1n) is 8.92. The molecule has 5 heteroatoms. The molecule has 128 valence electrons. The normalized spacial score (nSPS) is 21.2. The number of thiazole rings is 1. The molecule has 2 aliphatic heterocycles. The molecule has 2 aromatic rings. The number of nitrogens with zero attached hydrogens (tertiary/aromatic N) is 3. The van der Waals surface area contributed by atoms with Gasteiger partial charge in [0.15, 0.2) is 0 Å². The maximum atomic E-state index is 4.85. The van der Waals surface area contributed by atoms with Crippen molar-refractivity contribution < 1.29 is 0 Å². The third-order valence-corrected chi connectivity index (χ3v) is 6.96. The summed E-state index contributed by atoms with van der Waals surface area (Å²) in [5.41, 5.74) is 2.46. The predicted octanol–water partition coefficient (Wildman–Crippen LogP) is 3.82. The Labute approximate surface area is 153 Å². The first-order chi connectivity index (χ1) is 11.9. The van der Waals surface area contributed by atoms with Crippen LogP contribution in [0.25, 0.3) is 10.6 Å². The lowest BCUT2D eigenvalue weighted by Gasteiger charge is -2.39.